The number of aliphatic hydroxyl groups excluding tert-OH is 2. The van der Waals surface area contributed by atoms with Crippen molar-refractivity contribution in [2.75, 3.05) is 14.1 Å². The van der Waals surface area contributed by atoms with Crippen LogP contribution in [0.15, 0.2) is 30.5 Å². The highest BCUT2D eigenvalue weighted by Gasteiger charge is 2.63. The van der Waals surface area contributed by atoms with Gasteiger partial charge in [-0.15, -0.1) is 0 Å². The van der Waals surface area contributed by atoms with Gasteiger partial charge in [0.15, 0.2) is 0 Å². The van der Waals surface area contributed by atoms with E-state index in [0.717, 1.165) is 0 Å². The monoisotopic (exact) mass is 598 g/mol. The summed E-state index contributed by atoms with van der Waals surface area (Å²) in [5.74, 6) is -2.66. The summed E-state index contributed by atoms with van der Waals surface area (Å²) in [6.45, 7) is 1.75. The first kappa shape index (κ1) is 30.2. The van der Waals surface area contributed by atoms with E-state index in [-0.39, 0.29) is 18.6 Å². The SMILES string of the molecule is CN[C@@H]1[C@H](O)[C@H](NC)[C@H]2O[C@]3(O)[C@H](O[C@@H]2[C@H]1O)O[C@H](C)C[C@H]3NC(=O)Cc1cc2cccc(OP(=O)(O)O)c2cn1. The van der Waals surface area contributed by atoms with Crippen LogP contribution in [0.5, 0.6) is 5.75 Å². The fraction of sp³-hybridized carbons (Fsp3) is 0.600. The van der Waals surface area contributed by atoms with Gasteiger partial charge in [-0.25, -0.2) is 4.57 Å². The van der Waals surface area contributed by atoms with Crippen LogP contribution in [0.3, 0.4) is 0 Å². The summed E-state index contributed by atoms with van der Waals surface area (Å²) in [5, 5.41) is 43.0. The lowest BCUT2D eigenvalue weighted by Gasteiger charge is -2.58. The van der Waals surface area contributed by atoms with Crippen LogP contribution in [0.4, 0.5) is 0 Å². The molecule has 2 aliphatic heterocycles. The second kappa shape index (κ2) is 11.4. The number of nitrogens with zero attached hydrogens (tertiary/aromatic N) is 1. The van der Waals surface area contributed by atoms with E-state index in [9.17, 15) is 24.7 Å². The number of phosphoric acid groups is 1. The molecule has 3 heterocycles. The molecule has 0 radical (unpaired) electrons. The van der Waals surface area contributed by atoms with Crippen LogP contribution in [0.25, 0.3) is 10.8 Å². The molecule has 16 heteroatoms. The summed E-state index contributed by atoms with van der Waals surface area (Å²) >= 11 is 0. The van der Waals surface area contributed by atoms with Crippen molar-refractivity contribution in [1.82, 2.24) is 20.9 Å². The van der Waals surface area contributed by atoms with Crippen molar-refractivity contribution in [3.63, 3.8) is 0 Å². The lowest BCUT2D eigenvalue weighted by molar-refractivity contribution is -0.449. The number of hydrogen-bond acceptors (Lipinski definition) is 12. The third-order valence-corrected chi connectivity index (χ3v) is 8.26. The maximum atomic E-state index is 13.2. The maximum Gasteiger partial charge on any atom is 0.524 e. The molecule has 1 aromatic carbocycles. The van der Waals surface area contributed by atoms with E-state index in [1.54, 1.807) is 39.2 Å². The zero-order valence-corrected chi connectivity index (χ0v) is 23.5. The van der Waals surface area contributed by atoms with Gasteiger partial charge >= 0.3 is 7.82 Å². The van der Waals surface area contributed by atoms with E-state index in [0.29, 0.717) is 16.5 Å². The molecule has 5 rings (SSSR count). The Balaban J connectivity index is 1.34. The van der Waals surface area contributed by atoms with Gasteiger partial charge in [-0.2, -0.15) is 0 Å². The highest BCUT2D eigenvalue weighted by molar-refractivity contribution is 7.46. The molecule has 10 atom stereocenters. The summed E-state index contributed by atoms with van der Waals surface area (Å²) < 4.78 is 34.0. The normalized spacial score (nSPS) is 37.2. The largest absolute Gasteiger partial charge is 0.524 e. The maximum absolute atomic E-state index is 13.2. The molecule has 0 unspecified atom stereocenters. The van der Waals surface area contributed by atoms with E-state index in [4.69, 9.17) is 28.5 Å². The molecule has 8 N–H and O–H groups in total. The molecule has 226 valence electrons. The number of aliphatic hydroxyl groups is 3. The van der Waals surface area contributed by atoms with Gasteiger partial charge in [0.2, 0.25) is 18.0 Å². The lowest BCUT2D eigenvalue weighted by atomic mass is 9.79. The number of nitrogens with one attached hydrogen (secondary N) is 3. The number of carbonyl (C=O) groups is 1. The van der Waals surface area contributed by atoms with Crippen LogP contribution >= 0.6 is 7.82 Å². The van der Waals surface area contributed by atoms with E-state index >= 15 is 0 Å². The molecule has 41 heavy (non-hydrogen) atoms. The van der Waals surface area contributed by atoms with Crippen LogP contribution in [-0.2, 0) is 30.0 Å². The Bertz CT molecular complexity index is 1330. The Hall–Kier alpha value is -2.27. The average Bonchev–Trinajstić information content (AvgIpc) is 2.88. The molecular formula is C25H35N4O11P. The molecule has 1 aliphatic carbocycles. The Morgan fingerprint density at radius 3 is 2.56 bits per heavy atom. The molecule has 15 nitrogen and oxygen atoms in total. The van der Waals surface area contributed by atoms with Gasteiger partial charge in [0.25, 0.3) is 0 Å². The van der Waals surface area contributed by atoms with E-state index in [1.807, 2.05) is 0 Å². The minimum absolute atomic E-state index is 0.0459. The Morgan fingerprint density at radius 2 is 1.88 bits per heavy atom. The summed E-state index contributed by atoms with van der Waals surface area (Å²) in [7, 11) is -1.56. The van der Waals surface area contributed by atoms with Crippen molar-refractivity contribution in [2.45, 2.75) is 80.5 Å². The van der Waals surface area contributed by atoms with Crippen molar-refractivity contribution in [3.05, 3.63) is 36.2 Å². The standard InChI is InChI=1S/C25H35N4O11P/c1-11-7-16(25(33)24(37-11)38-23-21(32)18(26-2)20(31)19(27-3)22(23)39-25)29-17(30)9-13-8-12-5-4-6-15(14(12)10-28-13)40-41(34,35)36/h4-6,8,10-11,16,18-24,26-27,31-33H,7,9H2,1-3H3,(H,29,30)(H2,34,35,36)/t11-,16-,18-,19+,20+,21+,22-,23-,24+,25+/m1/s1. The molecule has 2 aromatic rings. The predicted octanol–water partition coefficient (Wildman–Crippen LogP) is -1.75. The zero-order chi connectivity index (χ0) is 29.7. The second-order valence-corrected chi connectivity index (χ2v) is 11.8. The number of pyridine rings is 1. The van der Waals surface area contributed by atoms with Crippen molar-refractivity contribution in [3.8, 4) is 5.75 Å². The topological polar surface area (TPSA) is 221 Å². The minimum Gasteiger partial charge on any atom is -0.404 e. The van der Waals surface area contributed by atoms with Crippen molar-refractivity contribution >= 4 is 24.5 Å². The minimum atomic E-state index is -4.78. The van der Waals surface area contributed by atoms with Crippen LogP contribution in [0.1, 0.15) is 19.0 Å². The number of fused-ring (bicyclic) bond motifs is 3. The number of amides is 1. The van der Waals surface area contributed by atoms with Gasteiger partial charge in [0.1, 0.15) is 24.1 Å². The Morgan fingerprint density at radius 1 is 1.15 bits per heavy atom. The molecule has 3 aliphatic rings. The van der Waals surface area contributed by atoms with Gasteiger partial charge < -0.3 is 50.0 Å². The zero-order valence-electron chi connectivity index (χ0n) is 22.6. The first-order valence-electron chi connectivity index (χ1n) is 13.2. The molecule has 2 saturated heterocycles. The first-order chi connectivity index (χ1) is 19.3. The van der Waals surface area contributed by atoms with Crippen molar-refractivity contribution in [1.29, 1.82) is 0 Å². The van der Waals surface area contributed by atoms with Gasteiger partial charge in [0.05, 0.1) is 42.4 Å². The second-order valence-electron chi connectivity index (χ2n) is 10.6. The van der Waals surface area contributed by atoms with Crippen molar-refractivity contribution in [2.24, 2.45) is 0 Å². The number of carbonyl (C=O) groups excluding carboxylic acids is 1. The van der Waals surface area contributed by atoms with Crippen LogP contribution in [0.2, 0.25) is 0 Å². The summed E-state index contributed by atoms with van der Waals surface area (Å²) in [4.78, 5) is 35.7. The fourth-order valence-electron chi connectivity index (χ4n) is 5.92. The molecular weight excluding hydrogens is 563 g/mol. The summed E-state index contributed by atoms with van der Waals surface area (Å²) in [5.41, 5.74) is 0.361. The molecule has 1 saturated carbocycles. The Kier molecular flexibility index (Phi) is 8.42. The number of aromatic nitrogens is 1. The van der Waals surface area contributed by atoms with Crippen LogP contribution in [0, 0.1) is 0 Å². The third kappa shape index (κ3) is 5.85. The number of ether oxygens (including phenoxy) is 3. The molecule has 1 amide bonds. The third-order valence-electron chi connectivity index (χ3n) is 7.83. The van der Waals surface area contributed by atoms with E-state index in [2.05, 4.69) is 20.9 Å². The quantitative estimate of drug-likeness (QED) is 0.166. The number of rotatable bonds is 7. The number of benzene rings is 1. The molecule has 0 spiro atoms. The van der Waals surface area contributed by atoms with E-state index in [1.165, 1.54) is 12.3 Å². The summed E-state index contributed by atoms with van der Waals surface area (Å²) in [6, 6.07) is 3.82. The van der Waals surface area contributed by atoms with Crippen molar-refractivity contribution < 1.29 is 53.2 Å². The lowest BCUT2D eigenvalue weighted by Crippen LogP contribution is -2.79. The smallest absolute Gasteiger partial charge is 0.404 e. The average molecular weight is 599 g/mol. The predicted molar refractivity (Wildman–Crippen MR) is 141 cm³/mol. The number of likely N-dealkylation sites (N-methyl/N-ethyl adjacent to an activating group) is 2. The Labute approximate surface area is 235 Å². The molecule has 0 bridgehead atoms. The van der Waals surface area contributed by atoms with Crippen LogP contribution in [-0.4, -0.2) is 111 Å². The highest BCUT2D eigenvalue weighted by Crippen LogP contribution is 2.42. The van der Waals surface area contributed by atoms with Crippen LogP contribution < -0.4 is 20.5 Å². The van der Waals surface area contributed by atoms with Gasteiger partial charge in [0, 0.05) is 11.6 Å². The molecule has 3 fully saturated rings. The van der Waals surface area contributed by atoms with Gasteiger partial charge in [-0.1, -0.05) is 12.1 Å². The first-order valence-corrected chi connectivity index (χ1v) is 14.7. The number of phosphoric ester groups is 1. The van der Waals surface area contributed by atoms with E-state index < -0.39 is 74.5 Å². The highest BCUT2D eigenvalue weighted by atomic mass is 31.2. The number of hydrogen-bond donors (Lipinski definition) is 8. The summed E-state index contributed by atoms with van der Waals surface area (Å²) in [6.07, 6.45) is -4.57. The van der Waals surface area contributed by atoms with Gasteiger partial charge in [-0.05, 0) is 45.0 Å². The fourth-order valence-corrected chi connectivity index (χ4v) is 6.34. The molecule has 1 aromatic heterocycles. The van der Waals surface area contributed by atoms with Gasteiger partial charge in [-0.3, -0.25) is 19.6 Å².